The van der Waals surface area contributed by atoms with Crippen LogP contribution in [0.4, 0.5) is 16.2 Å². The second-order valence-corrected chi connectivity index (χ2v) is 9.80. The van der Waals surface area contributed by atoms with Crippen molar-refractivity contribution in [2.45, 2.75) is 25.3 Å². The quantitative estimate of drug-likeness (QED) is 0.755. The molecule has 5 rings (SSSR count). The van der Waals surface area contributed by atoms with Crippen molar-refractivity contribution in [3.05, 3.63) is 53.6 Å². The number of hydrogen-bond acceptors (Lipinski definition) is 5. The molecule has 2 aromatic carbocycles. The molecule has 2 aliphatic heterocycles. The van der Waals surface area contributed by atoms with E-state index in [0.29, 0.717) is 6.04 Å². The van der Waals surface area contributed by atoms with E-state index in [4.69, 9.17) is 4.74 Å². The van der Waals surface area contributed by atoms with Crippen molar-refractivity contribution in [3.8, 4) is 5.75 Å². The Kier molecular flexibility index (Phi) is 6.92. The number of carbonyl (C=O) groups excluding carboxylic acids is 1. The molecule has 2 fully saturated rings. The van der Waals surface area contributed by atoms with Gasteiger partial charge in [-0.1, -0.05) is 24.3 Å². The van der Waals surface area contributed by atoms with E-state index in [1.165, 1.54) is 17.5 Å². The summed E-state index contributed by atoms with van der Waals surface area (Å²) in [6, 6.07) is 15.4. The first kappa shape index (κ1) is 23.0. The van der Waals surface area contributed by atoms with Crippen molar-refractivity contribution < 1.29 is 9.53 Å². The first-order chi connectivity index (χ1) is 16.6. The average Bonchev–Trinajstić information content (AvgIpc) is 2.89. The van der Waals surface area contributed by atoms with Crippen molar-refractivity contribution in [1.82, 2.24) is 14.7 Å². The van der Waals surface area contributed by atoms with Gasteiger partial charge in [0.15, 0.2) is 0 Å². The fourth-order valence-electron chi connectivity index (χ4n) is 5.55. The Balaban J connectivity index is 1.17. The Labute approximate surface area is 203 Å². The van der Waals surface area contributed by atoms with Crippen molar-refractivity contribution in [3.63, 3.8) is 0 Å². The van der Waals surface area contributed by atoms with Crippen molar-refractivity contribution in [1.29, 1.82) is 0 Å². The number of methoxy groups -OCH3 is 1. The smallest absolute Gasteiger partial charge is 0.321 e. The minimum atomic E-state index is -0.0110. The Bertz CT molecular complexity index is 996. The molecule has 2 heterocycles. The molecular weight excluding hydrogens is 426 g/mol. The van der Waals surface area contributed by atoms with Gasteiger partial charge in [0.25, 0.3) is 0 Å². The number of nitrogens with one attached hydrogen (secondary N) is 1. The number of piperazine rings is 2. The maximum Gasteiger partial charge on any atom is 0.321 e. The standard InChI is InChI=1S/C27H37N5O2/c1-29-11-13-31(14-12-29)25-20-23(8-10-26(25)34-2)28-27(33)32-17-15-30(16-18-32)24-9-7-21-5-3-4-6-22(21)19-24/h3-6,8,10,20,24H,7,9,11-19H2,1-2H3,(H,28,33). The summed E-state index contributed by atoms with van der Waals surface area (Å²) in [6.07, 6.45) is 3.50. The van der Waals surface area contributed by atoms with Crippen molar-refractivity contribution in [2.75, 3.05) is 76.7 Å². The van der Waals surface area contributed by atoms with Gasteiger partial charge >= 0.3 is 6.03 Å². The molecule has 0 spiro atoms. The molecule has 34 heavy (non-hydrogen) atoms. The molecule has 182 valence electrons. The highest BCUT2D eigenvalue weighted by Crippen LogP contribution is 2.32. The number of ether oxygens (including phenoxy) is 1. The SMILES string of the molecule is COc1ccc(NC(=O)N2CCN(C3CCc4ccccc4C3)CC2)cc1N1CCN(C)CC1. The summed E-state index contributed by atoms with van der Waals surface area (Å²) in [5.41, 5.74) is 4.88. The third kappa shape index (κ3) is 5.00. The first-order valence-corrected chi connectivity index (χ1v) is 12.6. The maximum absolute atomic E-state index is 13.0. The van der Waals surface area contributed by atoms with Gasteiger partial charge in [0.2, 0.25) is 0 Å². The normalized spacial score (nSPS) is 21.8. The van der Waals surface area contributed by atoms with Crippen molar-refractivity contribution in [2.24, 2.45) is 0 Å². The molecule has 2 aromatic rings. The molecule has 1 unspecified atom stereocenters. The van der Waals surface area contributed by atoms with Crippen LogP contribution >= 0.6 is 0 Å². The highest BCUT2D eigenvalue weighted by atomic mass is 16.5. The number of carbonyl (C=O) groups is 1. The number of hydrogen-bond donors (Lipinski definition) is 1. The van der Waals surface area contributed by atoms with E-state index in [-0.39, 0.29) is 6.03 Å². The molecule has 2 amide bonds. The van der Waals surface area contributed by atoms with Crippen LogP contribution in [0.3, 0.4) is 0 Å². The largest absolute Gasteiger partial charge is 0.495 e. The molecule has 1 N–H and O–H groups in total. The lowest BCUT2D eigenvalue weighted by Gasteiger charge is -2.41. The molecule has 7 nitrogen and oxygen atoms in total. The summed E-state index contributed by atoms with van der Waals surface area (Å²) >= 11 is 0. The zero-order chi connectivity index (χ0) is 23.5. The molecule has 0 radical (unpaired) electrons. The van der Waals surface area contributed by atoms with Crippen LogP contribution < -0.4 is 15.0 Å². The predicted octanol–water partition coefficient (Wildman–Crippen LogP) is 3.15. The minimum Gasteiger partial charge on any atom is -0.495 e. The number of benzene rings is 2. The van der Waals surface area contributed by atoms with Gasteiger partial charge in [-0.05, 0) is 55.6 Å². The zero-order valence-electron chi connectivity index (χ0n) is 20.5. The number of urea groups is 1. The average molecular weight is 464 g/mol. The molecule has 2 saturated heterocycles. The van der Waals surface area contributed by atoms with E-state index < -0.39 is 0 Å². The maximum atomic E-state index is 13.0. The van der Waals surface area contributed by atoms with Crippen LogP contribution in [0, 0.1) is 0 Å². The van der Waals surface area contributed by atoms with E-state index in [1.54, 1.807) is 7.11 Å². The molecule has 7 heteroatoms. The fraction of sp³-hybridized carbons (Fsp3) is 0.519. The van der Waals surface area contributed by atoms with Crippen LogP contribution in [0.5, 0.6) is 5.75 Å². The number of likely N-dealkylation sites (N-methyl/N-ethyl adjacent to an activating group) is 1. The summed E-state index contributed by atoms with van der Waals surface area (Å²) in [7, 11) is 3.86. The number of amides is 2. The van der Waals surface area contributed by atoms with Gasteiger partial charge in [-0.2, -0.15) is 0 Å². The van der Waals surface area contributed by atoms with Gasteiger partial charge in [-0.15, -0.1) is 0 Å². The zero-order valence-corrected chi connectivity index (χ0v) is 20.5. The minimum absolute atomic E-state index is 0.0110. The van der Waals surface area contributed by atoms with E-state index in [1.807, 2.05) is 17.0 Å². The van der Waals surface area contributed by atoms with Crippen LogP contribution in [-0.2, 0) is 12.8 Å². The molecule has 3 aliphatic rings. The van der Waals surface area contributed by atoms with Crippen LogP contribution in [0.25, 0.3) is 0 Å². The lowest BCUT2D eigenvalue weighted by Crippen LogP contribution is -2.53. The summed E-state index contributed by atoms with van der Waals surface area (Å²) in [5.74, 6) is 0.852. The predicted molar refractivity (Wildman–Crippen MR) is 137 cm³/mol. The molecule has 0 aromatic heterocycles. The molecule has 0 saturated carbocycles. The first-order valence-electron chi connectivity index (χ1n) is 12.6. The number of anilines is 2. The molecule has 1 atom stereocenters. The lowest BCUT2D eigenvalue weighted by atomic mass is 9.87. The van der Waals surface area contributed by atoms with Crippen LogP contribution in [0.15, 0.2) is 42.5 Å². The summed E-state index contributed by atoms with van der Waals surface area (Å²) in [6.45, 7) is 7.38. The van der Waals surface area contributed by atoms with E-state index in [2.05, 4.69) is 57.4 Å². The van der Waals surface area contributed by atoms with Gasteiger partial charge in [-0.25, -0.2) is 4.79 Å². The Morgan fingerprint density at radius 2 is 1.68 bits per heavy atom. The summed E-state index contributed by atoms with van der Waals surface area (Å²) < 4.78 is 5.61. The van der Waals surface area contributed by atoms with Gasteiger partial charge in [0.1, 0.15) is 5.75 Å². The van der Waals surface area contributed by atoms with E-state index >= 15 is 0 Å². The van der Waals surface area contributed by atoms with E-state index in [9.17, 15) is 4.79 Å². The van der Waals surface area contributed by atoms with Gasteiger partial charge in [0, 0.05) is 64.1 Å². The molecule has 1 aliphatic carbocycles. The van der Waals surface area contributed by atoms with Gasteiger partial charge in [-0.3, -0.25) is 4.90 Å². The third-order valence-electron chi connectivity index (χ3n) is 7.71. The Morgan fingerprint density at radius 1 is 0.941 bits per heavy atom. The Morgan fingerprint density at radius 3 is 2.41 bits per heavy atom. The van der Waals surface area contributed by atoms with Gasteiger partial charge < -0.3 is 24.8 Å². The lowest BCUT2D eigenvalue weighted by molar-refractivity contribution is 0.106. The molecule has 0 bridgehead atoms. The second kappa shape index (κ2) is 10.2. The van der Waals surface area contributed by atoms with Crippen LogP contribution in [-0.4, -0.2) is 93.3 Å². The highest BCUT2D eigenvalue weighted by Gasteiger charge is 2.29. The van der Waals surface area contributed by atoms with Crippen LogP contribution in [0.1, 0.15) is 17.5 Å². The third-order valence-corrected chi connectivity index (χ3v) is 7.71. The van der Waals surface area contributed by atoms with Gasteiger partial charge in [0.05, 0.1) is 12.8 Å². The number of aryl methyl sites for hydroxylation is 1. The van der Waals surface area contributed by atoms with Crippen LogP contribution in [0.2, 0.25) is 0 Å². The number of rotatable bonds is 4. The summed E-state index contributed by atoms with van der Waals surface area (Å²) in [5, 5.41) is 3.13. The van der Waals surface area contributed by atoms with E-state index in [0.717, 1.165) is 82.3 Å². The molecular formula is C27H37N5O2. The topological polar surface area (TPSA) is 51.3 Å². The number of fused-ring (bicyclic) bond motifs is 1. The summed E-state index contributed by atoms with van der Waals surface area (Å²) in [4.78, 5) is 22.3. The Hall–Kier alpha value is -2.77. The fourth-order valence-corrected chi connectivity index (χ4v) is 5.55. The number of nitrogens with zero attached hydrogens (tertiary/aromatic N) is 4. The second-order valence-electron chi connectivity index (χ2n) is 9.80. The highest BCUT2D eigenvalue weighted by molar-refractivity contribution is 5.90. The monoisotopic (exact) mass is 463 g/mol. The van der Waals surface area contributed by atoms with Crippen molar-refractivity contribution >= 4 is 17.4 Å².